The van der Waals surface area contributed by atoms with Gasteiger partial charge in [0.1, 0.15) is 5.75 Å². The Morgan fingerprint density at radius 1 is 1.10 bits per heavy atom. The van der Waals surface area contributed by atoms with Crippen molar-refractivity contribution in [1.29, 1.82) is 0 Å². The minimum Gasteiger partial charge on any atom is -0.497 e. The molecule has 0 saturated carbocycles. The molecule has 0 aromatic heterocycles. The summed E-state index contributed by atoms with van der Waals surface area (Å²) in [5.41, 5.74) is 8.37. The highest BCUT2D eigenvalue weighted by Gasteiger charge is 2.07. The van der Waals surface area contributed by atoms with Crippen molar-refractivity contribution < 1.29 is 9.53 Å². The normalized spacial score (nSPS) is 10.1. The average molecular weight is 270 g/mol. The van der Waals surface area contributed by atoms with Gasteiger partial charge in [-0.05, 0) is 35.4 Å². The Balaban J connectivity index is 2.01. The average Bonchev–Trinajstić information content (AvgIpc) is 2.48. The number of nitrogens with two attached hydrogens (primary N) is 1. The number of ether oxygens (including phenoxy) is 1. The number of methoxy groups -OCH3 is 1. The highest BCUT2D eigenvalue weighted by atomic mass is 16.5. The molecule has 0 atom stereocenters. The molecule has 0 aliphatic heterocycles. The van der Waals surface area contributed by atoms with Gasteiger partial charge in [0.25, 0.3) is 0 Å². The third-order valence-electron chi connectivity index (χ3n) is 3.06. The van der Waals surface area contributed by atoms with Crippen molar-refractivity contribution in [2.24, 2.45) is 5.73 Å². The van der Waals surface area contributed by atoms with Crippen LogP contribution in [-0.4, -0.2) is 13.0 Å². The lowest BCUT2D eigenvalue weighted by Gasteiger charge is -2.09. The largest absolute Gasteiger partial charge is 0.497 e. The second-order valence-electron chi connectivity index (χ2n) is 4.43. The van der Waals surface area contributed by atoms with Gasteiger partial charge in [-0.2, -0.15) is 0 Å². The molecule has 0 bridgehead atoms. The molecule has 2 rings (SSSR count). The maximum absolute atomic E-state index is 12.0. The van der Waals surface area contributed by atoms with E-state index in [0.717, 1.165) is 22.6 Å². The van der Waals surface area contributed by atoms with Crippen LogP contribution in [0.5, 0.6) is 5.75 Å². The van der Waals surface area contributed by atoms with E-state index in [1.54, 1.807) is 7.11 Å². The van der Waals surface area contributed by atoms with E-state index < -0.39 is 0 Å². The summed E-state index contributed by atoms with van der Waals surface area (Å²) in [6.45, 7) is 0.436. The molecule has 0 spiro atoms. The molecule has 0 saturated heterocycles. The fraction of sp³-hybridized carbons (Fsp3) is 0.188. The van der Waals surface area contributed by atoms with Gasteiger partial charge in [-0.15, -0.1) is 0 Å². The van der Waals surface area contributed by atoms with Crippen molar-refractivity contribution in [3.05, 3.63) is 59.7 Å². The molecule has 4 nitrogen and oxygen atoms in total. The number of hydrogen-bond acceptors (Lipinski definition) is 3. The summed E-state index contributed by atoms with van der Waals surface area (Å²) in [5.74, 6) is 0.701. The summed E-state index contributed by atoms with van der Waals surface area (Å²) in [4.78, 5) is 12.0. The van der Waals surface area contributed by atoms with Gasteiger partial charge >= 0.3 is 0 Å². The third kappa shape index (κ3) is 3.59. The van der Waals surface area contributed by atoms with E-state index in [9.17, 15) is 4.79 Å². The van der Waals surface area contributed by atoms with Crippen LogP contribution in [-0.2, 0) is 17.8 Å². The number of carbonyl (C=O) groups excluding carboxylic acids is 1. The Kier molecular flexibility index (Phi) is 4.74. The monoisotopic (exact) mass is 270 g/mol. The van der Waals surface area contributed by atoms with Gasteiger partial charge in [0.05, 0.1) is 13.5 Å². The van der Waals surface area contributed by atoms with Crippen LogP contribution in [0.4, 0.5) is 5.69 Å². The molecule has 4 heteroatoms. The van der Waals surface area contributed by atoms with Gasteiger partial charge < -0.3 is 15.8 Å². The first-order valence-electron chi connectivity index (χ1n) is 6.43. The smallest absolute Gasteiger partial charge is 0.228 e. The summed E-state index contributed by atoms with van der Waals surface area (Å²) >= 11 is 0. The number of rotatable bonds is 5. The Hall–Kier alpha value is -2.33. The Bertz CT molecular complexity index is 579. The molecule has 104 valence electrons. The van der Waals surface area contributed by atoms with Crippen molar-refractivity contribution in [2.45, 2.75) is 13.0 Å². The number of hydrogen-bond donors (Lipinski definition) is 2. The van der Waals surface area contributed by atoms with Crippen LogP contribution in [0, 0.1) is 0 Å². The topological polar surface area (TPSA) is 64.3 Å². The van der Waals surface area contributed by atoms with E-state index in [1.165, 1.54) is 0 Å². The maximum atomic E-state index is 12.0. The van der Waals surface area contributed by atoms with Gasteiger partial charge in [-0.3, -0.25) is 4.79 Å². The Morgan fingerprint density at radius 2 is 1.75 bits per heavy atom. The molecule has 0 aliphatic carbocycles. The summed E-state index contributed by atoms with van der Waals surface area (Å²) in [6.07, 6.45) is 0.319. The number of carbonyl (C=O) groups is 1. The van der Waals surface area contributed by atoms with Crippen LogP contribution in [0.1, 0.15) is 11.1 Å². The molecule has 2 aromatic rings. The molecule has 0 aliphatic rings. The zero-order valence-corrected chi connectivity index (χ0v) is 11.4. The number of anilines is 1. The van der Waals surface area contributed by atoms with E-state index in [2.05, 4.69) is 5.32 Å². The predicted octanol–water partition coefficient (Wildman–Crippen LogP) is 2.34. The minimum absolute atomic E-state index is 0.0592. The molecule has 0 heterocycles. The summed E-state index contributed by atoms with van der Waals surface area (Å²) in [7, 11) is 1.61. The molecular weight excluding hydrogens is 252 g/mol. The van der Waals surface area contributed by atoms with E-state index in [1.807, 2.05) is 48.5 Å². The quantitative estimate of drug-likeness (QED) is 0.876. The fourth-order valence-electron chi connectivity index (χ4n) is 1.98. The molecule has 1 amide bonds. The van der Waals surface area contributed by atoms with Crippen LogP contribution < -0.4 is 15.8 Å². The van der Waals surface area contributed by atoms with Crippen LogP contribution in [0.25, 0.3) is 0 Å². The fourth-order valence-corrected chi connectivity index (χ4v) is 1.98. The van der Waals surface area contributed by atoms with Crippen molar-refractivity contribution in [1.82, 2.24) is 0 Å². The number of nitrogens with one attached hydrogen (secondary N) is 1. The zero-order valence-electron chi connectivity index (χ0n) is 11.4. The van der Waals surface area contributed by atoms with Crippen LogP contribution in [0.15, 0.2) is 48.5 Å². The lowest BCUT2D eigenvalue weighted by atomic mass is 10.0. The molecule has 2 aromatic carbocycles. The standard InChI is InChI=1S/C16H18N2O2/c1-20-15-8-6-14(7-9-15)18-16(19)10-12-4-2-3-5-13(12)11-17/h2-9H,10-11,17H2,1H3,(H,18,19). The predicted molar refractivity (Wildman–Crippen MR) is 79.7 cm³/mol. The van der Waals surface area contributed by atoms with Gasteiger partial charge in [0, 0.05) is 12.2 Å². The Labute approximate surface area is 118 Å². The van der Waals surface area contributed by atoms with Crippen LogP contribution in [0.2, 0.25) is 0 Å². The zero-order chi connectivity index (χ0) is 14.4. The molecule has 0 radical (unpaired) electrons. The van der Waals surface area contributed by atoms with E-state index >= 15 is 0 Å². The first-order chi connectivity index (χ1) is 9.72. The van der Waals surface area contributed by atoms with Crippen molar-refractivity contribution in [2.75, 3.05) is 12.4 Å². The highest BCUT2D eigenvalue weighted by molar-refractivity contribution is 5.92. The molecule has 0 fully saturated rings. The molecule has 0 unspecified atom stereocenters. The Morgan fingerprint density at radius 3 is 2.35 bits per heavy atom. The van der Waals surface area contributed by atoms with Crippen molar-refractivity contribution in [3.63, 3.8) is 0 Å². The number of amides is 1. The highest BCUT2D eigenvalue weighted by Crippen LogP contribution is 2.16. The molecule has 20 heavy (non-hydrogen) atoms. The van der Waals surface area contributed by atoms with Crippen LogP contribution >= 0.6 is 0 Å². The lowest BCUT2D eigenvalue weighted by Crippen LogP contribution is -2.16. The summed E-state index contributed by atoms with van der Waals surface area (Å²) in [6, 6.07) is 14.9. The maximum Gasteiger partial charge on any atom is 0.228 e. The van der Waals surface area contributed by atoms with Crippen LogP contribution in [0.3, 0.4) is 0 Å². The van der Waals surface area contributed by atoms with Gasteiger partial charge in [-0.1, -0.05) is 24.3 Å². The molecule has 3 N–H and O–H groups in total. The second kappa shape index (κ2) is 6.73. The van der Waals surface area contributed by atoms with Gasteiger partial charge in [-0.25, -0.2) is 0 Å². The third-order valence-corrected chi connectivity index (χ3v) is 3.06. The molecular formula is C16H18N2O2. The minimum atomic E-state index is -0.0592. The first kappa shape index (κ1) is 14.1. The van der Waals surface area contributed by atoms with Gasteiger partial charge in [0.2, 0.25) is 5.91 Å². The first-order valence-corrected chi connectivity index (χ1v) is 6.43. The van der Waals surface area contributed by atoms with E-state index in [4.69, 9.17) is 10.5 Å². The lowest BCUT2D eigenvalue weighted by molar-refractivity contribution is -0.115. The second-order valence-corrected chi connectivity index (χ2v) is 4.43. The van der Waals surface area contributed by atoms with Crippen molar-refractivity contribution in [3.8, 4) is 5.75 Å². The van der Waals surface area contributed by atoms with E-state index in [-0.39, 0.29) is 5.91 Å². The summed E-state index contributed by atoms with van der Waals surface area (Å²) < 4.78 is 5.07. The van der Waals surface area contributed by atoms with Crippen molar-refractivity contribution >= 4 is 11.6 Å². The summed E-state index contributed by atoms with van der Waals surface area (Å²) in [5, 5.41) is 2.86. The number of benzene rings is 2. The SMILES string of the molecule is COc1ccc(NC(=O)Cc2ccccc2CN)cc1. The van der Waals surface area contributed by atoms with E-state index in [0.29, 0.717) is 13.0 Å². The van der Waals surface area contributed by atoms with Gasteiger partial charge in [0.15, 0.2) is 0 Å².